The number of carbonyl (C=O) groups is 1. The molecule has 3 aromatic heterocycles. The van der Waals surface area contributed by atoms with Crippen LogP contribution in [0.3, 0.4) is 0 Å². The van der Waals surface area contributed by atoms with Crippen LogP contribution in [0.15, 0.2) is 54.9 Å². The molecule has 4 aromatic rings. The normalized spacial score (nSPS) is 14.8. The van der Waals surface area contributed by atoms with Crippen LogP contribution < -0.4 is 4.74 Å². The van der Waals surface area contributed by atoms with Crippen LogP contribution in [0.2, 0.25) is 0 Å². The van der Waals surface area contributed by atoms with Gasteiger partial charge < -0.3 is 14.6 Å². The second-order valence-corrected chi connectivity index (χ2v) is 9.50. The molecule has 0 unspecified atom stereocenters. The van der Waals surface area contributed by atoms with Crippen LogP contribution in [0.5, 0.6) is 5.75 Å². The van der Waals surface area contributed by atoms with Crippen molar-refractivity contribution in [1.29, 1.82) is 0 Å². The summed E-state index contributed by atoms with van der Waals surface area (Å²) >= 11 is 0. The number of aromatic amines is 1. The van der Waals surface area contributed by atoms with Gasteiger partial charge in [0.2, 0.25) is 0 Å². The molecular weight excluding hydrogens is 452 g/mol. The summed E-state index contributed by atoms with van der Waals surface area (Å²) < 4.78 is 5.31. The Hall–Kier alpha value is -3.78. The molecule has 1 aromatic carbocycles. The van der Waals surface area contributed by atoms with Crippen LogP contribution in [-0.4, -0.2) is 75.0 Å². The van der Waals surface area contributed by atoms with E-state index in [-0.39, 0.29) is 5.91 Å². The summed E-state index contributed by atoms with van der Waals surface area (Å²) in [5.74, 6) is 1.52. The van der Waals surface area contributed by atoms with E-state index in [4.69, 9.17) is 9.72 Å². The second kappa shape index (κ2) is 10.5. The maximum Gasteiger partial charge on any atom is 0.270 e. The molecular formula is C28H32N6O2. The van der Waals surface area contributed by atoms with Gasteiger partial charge in [0, 0.05) is 68.0 Å². The number of H-pyrrole nitrogens is 1. The molecule has 0 bridgehead atoms. The fourth-order valence-electron chi connectivity index (χ4n) is 4.72. The van der Waals surface area contributed by atoms with Crippen LogP contribution in [0, 0.1) is 0 Å². The maximum absolute atomic E-state index is 13.2. The number of methoxy groups -OCH3 is 1. The number of benzene rings is 1. The van der Waals surface area contributed by atoms with Gasteiger partial charge in [-0.1, -0.05) is 6.07 Å². The smallest absolute Gasteiger partial charge is 0.270 e. The summed E-state index contributed by atoms with van der Waals surface area (Å²) in [7, 11) is 1.63. The average Bonchev–Trinajstić information content (AvgIpc) is 3.16. The molecule has 1 N–H and O–H groups in total. The Balaban J connectivity index is 1.32. The van der Waals surface area contributed by atoms with Gasteiger partial charge in [-0.05, 0) is 56.2 Å². The van der Waals surface area contributed by atoms with E-state index in [1.54, 1.807) is 19.5 Å². The fourth-order valence-corrected chi connectivity index (χ4v) is 4.72. The highest BCUT2D eigenvalue weighted by Crippen LogP contribution is 2.22. The number of nitrogens with one attached hydrogen (secondary N) is 1. The van der Waals surface area contributed by atoms with Crippen molar-refractivity contribution in [2.75, 3.05) is 33.3 Å². The topological polar surface area (TPSA) is 87.2 Å². The SMILES string of the molecule is COc1ccnc(-c2ccnc(Cc3ccc4[nH]c(C(=O)N5CCCN(C(C)C)CC5)cc4c3)n2)c1. The first-order chi connectivity index (χ1) is 17.5. The number of aromatic nitrogens is 4. The average molecular weight is 485 g/mol. The van der Waals surface area contributed by atoms with Crippen LogP contribution >= 0.6 is 0 Å². The van der Waals surface area contributed by atoms with Gasteiger partial charge in [-0.3, -0.25) is 14.7 Å². The summed E-state index contributed by atoms with van der Waals surface area (Å²) in [6.07, 6.45) is 5.05. The summed E-state index contributed by atoms with van der Waals surface area (Å²) in [5, 5.41) is 1.01. The molecule has 1 aliphatic heterocycles. The summed E-state index contributed by atoms with van der Waals surface area (Å²) in [4.78, 5) is 34.6. The molecule has 0 radical (unpaired) electrons. The van der Waals surface area contributed by atoms with Crippen molar-refractivity contribution in [2.24, 2.45) is 0 Å². The summed E-state index contributed by atoms with van der Waals surface area (Å²) in [5.41, 5.74) is 4.17. The Labute approximate surface area is 211 Å². The number of amides is 1. The van der Waals surface area contributed by atoms with E-state index >= 15 is 0 Å². The minimum Gasteiger partial charge on any atom is -0.497 e. The molecule has 36 heavy (non-hydrogen) atoms. The van der Waals surface area contributed by atoms with Gasteiger partial charge in [0.25, 0.3) is 5.91 Å². The van der Waals surface area contributed by atoms with Gasteiger partial charge in [-0.15, -0.1) is 0 Å². The van der Waals surface area contributed by atoms with Crippen LogP contribution in [0.4, 0.5) is 0 Å². The minimum atomic E-state index is 0.0696. The molecule has 0 atom stereocenters. The number of fused-ring (bicyclic) bond motifs is 1. The molecule has 0 spiro atoms. The Bertz CT molecular complexity index is 1370. The first-order valence-electron chi connectivity index (χ1n) is 12.5. The van der Waals surface area contributed by atoms with Crippen molar-refractivity contribution in [3.63, 3.8) is 0 Å². The van der Waals surface area contributed by atoms with Gasteiger partial charge in [0.1, 0.15) is 17.3 Å². The van der Waals surface area contributed by atoms with Crippen LogP contribution in [0.25, 0.3) is 22.3 Å². The van der Waals surface area contributed by atoms with Gasteiger partial charge in [-0.2, -0.15) is 0 Å². The van der Waals surface area contributed by atoms with E-state index < -0.39 is 0 Å². The summed E-state index contributed by atoms with van der Waals surface area (Å²) in [6.45, 7) is 7.92. The fraction of sp³-hybridized carbons (Fsp3) is 0.357. The largest absolute Gasteiger partial charge is 0.497 e. The third kappa shape index (κ3) is 5.23. The number of nitrogens with zero attached hydrogens (tertiary/aromatic N) is 5. The first kappa shape index (κ1) is 23.9. The standard InChI is InChI=1S/C28H32N6O2/c1-19(2)33-11-4-12-34(14-13-33)28(35)26-17-21-15-20(5-6-23(21)31-26)16-27-30-10-8-24(32-27)25-18-22(36-3)7-9-29-25/h5-10,15,17-19,31H,4,11-14,16H2,1-3H3. The third-order valence-electron chi connectivity index (χ3n) is 6.76. The third-order valence-corrected chi connectivity index (χ3v) is 6.76. The number of carbonyl (C=O) groups excluding carboxylic acids is 1. The lowest BCUT2D eigenvalue weighted by molar-refractivity contribution is 0.0754. The molecule has 186 valence electrons. The van der Waals surface area contributed by atoms with E-state index in [1.165, 1.54) is 0 Å². The molecule has 1 saturated heterocycles. The van der Waals surface area contributed by atoms with E-state index in [0.717, 1.165) is 66.2 Å². The minimum absolute atomic E-state index is 0.0696. The number of hydrogen-bond acceptors (Lipinski definition) is 6. The van der Waals surface area contributed by atoms with Crippen molar-refractivity contribution in [1.82, 2.24) is 29.7 Å². The van der Waals surface area contributed by atoms with Crippen molar-refractivity contribution in [3.05, 3.63) is 71.9 Å². The number of hydrogen-bond donors (Lipinski definition) is 1. The molecule has 0 saturated carbocycles. The zero-order valence-corrected chi connectivity index (χ0v) is 21.1. The van der Waals surface area contributed by atoms with E-state index in [0.29, 0.717) is 24.0 Å². The summed E-state index contributed by atoms with van der Waals surface area (Å²) in [6, 6.07) is 14.2. The van der Waals surface area contributed by atoms with E-state index in [2.05, 4.69) is 45.8 Å². The predicted molar refractivity (Wildman–Crippen MR) is 140 cm³/mol. The Morgan fingerprint density at radius 3 is 2.69 bits per heavy atom. The zero-order chi connectivity index (χ0) is 25.1. The number of rotatable bonds is 6. The molecule has 1 amide bonds. The first-order valence-corrected chi connectivity index (χ1v) is 12.5. The quantitative estimate of drug-likeness (QED) is 0.442. The number of pyridine rings is 1. The van der Waals surface area contributed by atoms with Crippen molar-refractivity contribution >= 4 is 16.8 Å². The highest BCUT2D eigenvalue weighted by molar-refractivity contribution is 5.98. The molecule has 4 heterocycles. The molecule has 5 rings (SSSR count). The van der Waals surface area contributed by atoms with E-state index in [1.807, 2.05) is 35.2 Å². The molecule has 8 heteroatoms. The molecule has 8 nitrogen and oxygen atoms in total. The van der Waals surface area contributed by atoms with Crippen molar-refractivity contribution in [2.45, 2.75) is 32.7 Å². The maximum atomic E-state index is 13.2. The highest BCUT2D eigenvalue weighted by Gasteiger charge is 2.22. The molecule has 1 fully saturated rings. The van der Waals surface area contributed by atoms with Crippen molar-refractivity contribution in [3.8, 4) is 17.1 Å². The Morgan fingerprint density at radius 1 is 1.00 bits per heavy atom. The van der Waals surface area contributed by atoms with Crippen LogP contribution in [0.1, 0.15) is 42.1 Å². The van der Waals surface area contributed by atoms with E-state index in [9.17, 15) is 4.79 Å². The Kier molecular flexibility index (Phi) is 6.95. The number of ether oxygens (including phenoxy) is 1. The van der Waals surface area contributed by atoms with Gasteiger partial charge in [0.15, 0.2) is 0 Å². The lowest BCUT2D eigenvalue weighted by atomic mass is 10.1. The predicted octanol–water partition coefficient (Wildman–Crippen LogP) is 4.18. The lowest BCUT2D eigenvalue weighted by Gasteiger charge is -2.24. The zero-order valence-electron chi connectivity index (χ0n) is 21.1. The van der Waals surface area contributed by atoms with Gasteiger partial charge in [-0.25, -0.2) is 9.97 Å². The van der Waals surface area contributed by atoms with Crippen LogP contribution in [-0.2, 0) is 6.42 Å². The Morgan fingerprint density at radius 2 is 1.86 bits per heavy atom. The van der Waals surface area contributed by atoms with Crippen molar-refractivity contribution < 1.29 is 9.53 Å². The molecule has 0 aliphatic carbocycles. The highest BCUT2D eigenvalue weighted by atomic mass is 16.5. The second-order valence-electron chi connectivity index (χ2n) is 9.50. The van der Waals surface area contributed by atoms with Gasteiger partial charge in [0.05, 0.1) is 18.5 Å². The monoisotopic (exact) mass is 484 g/mol. The molecule has 1 aliphatic rings. The lowest BCUT2D eigenvalue weighted by Crippen LogP contribution is -2.37. The van der Waals surface area contributed by atoms with Gasteiger partial charge >= 0.3 is 0 Å².